The summed E-state index contributed by atoms with van der Waals surface area (Å²) in [7, 11) is 1.64. The summed E-state index contributed by atoms with van der Waals surface area (Å²) in [6.07, 6.45) is 1.69. The van der Waals surface area contributed by atoms with E-state index in [0.29, 0.717) is 0 Å². The molecule has 1 N–H and O–H groups in total. The Hall–Kier alpha value is -2.04. The molecule has 0 aliphatic heterocycles. The van der Waals surface area contributed by atoms with Crippen molar-refractivity contribution in [2.75, 3.05) is 13.7 Å². The van der Waals surface area contributed by atoms with Gasteiger partial charge in [-0.1, -0.05) is 5.16 Å². The highest BCUT2D eigenvalue weighted by atomic mass is 16.6. The molecule has 0 saturated carbocycles. The Morgan fingerprint density at radius 2 is 2.28 bits per heavy atom. The first-order valence-electron chi connectivity index (χ1n) is 5.78. The van der Waals surface area contributed by atoms with E-state index in [0.717, 1.165) is 29.9 Å². The SMILES string of the molecule is COc1ccc2c(c1)CC/C2=N/OCCC(=O)O. The van der Waals surface area contributed by atoms with Crippen molar-refractivity contribution in [3.63, 3.8) is 0 Å². The summed E-state index contributed by atoms with van der Waals surface area (Å²) >= 11 is 0. The van der Waals surface area contributed by atoms with E-state index in [9.17, 15) is 4.79 Å². The number of nitrogens with zero attached hydrogens (tertiary/aromatic N) is 1. The monoisotopic (exact) mass is 249 g/mol. The smallest absolute Gasteiger partial charge is 0.306 e. The van der Waals surface area contributed by atoms with Gasteiger partial charge >= 0.3 is 5.97 Å². The van der Waals surface area contributed by atoms with E-state index < -0.39 is 5.97 Å². The van der Waals surface area contributed by atoms with Crippen LogP contribution >= 0.6 is 0 Å². The number of hydrogen-bond acceptors (Lipinski definition) is 4. The van der Waals surface area contributed by atoms with Gasteiger partial charge in [0.15, 0.2) is 0 Å². The van der Waals surface area contributed by atoms with Crippen molar-refractivity contribution in [2.24, 2.45) is 5.16 Å². The average Bonchev–Trinajstić information content (AvgIpc) is 2.76. The summed E-state index contributed by atoms with van der Waals surface area (Å²) in [4.78, 5) is 15.3. The van der Waals surface area contributed by atoms with E-state index in [1.807, 2.05) is 18.2 Å². The molecule has 0 aromatic heterocycles. The van der Waals surface area contributed by atoms with Crippen molar-refractivity contribution in [2.45, 2.75) is 19.3 Å². The minimum absolute atomic E-state index is 0.0355. The quantitative estimate of drug-likeness (QED) is 0.638. The predicted octanol–water partition coefficient (Wildman–Crippen LogP) is 1.84. The minimum Gasteiger partial charge on any atom is -0.497 e. The molecule has 1 aliphatic carbocycles. The summed E-state index contributed by atoms with van der Waals surface area (Å²) in [6.45, 7) is 0.102. The maximum absolute atomic E-state index is 10.3. The first-order chi connectivity index (χ1) is 8.70. The molecule has 0 heterocycles. The van der Waals surface area contributed by atoms with Crippen LogP contribution in [0.25, 0.3) is 0 Å². The van der Waals surface area contributed by atoms with E-state index in [-0.39, 0.29) is 13.0 Å². The van der Waals surface area contributed by atoms with E-state index in [1.54, 1.807) is 7.11 Å². The molecule has 0 unspecified atom stereocenters. The zero-order chi connectivity index (χ0) is 13.0. The number of carboxylic acid groups (broad SMARTS) is 1. The van der Waals surface area contributed by atoms with Crippen molar-refractivity contribution < 1.29 is 19.5 Å². The topological polar surface area (TPSA) is 68.1 Å². The fraction of sp³-hybridized carbons (Fsp3) is 0.385. The number of carbonyl (C=O) groups is 1. The molecule has 0 spiro atoms. The van der Waals surface area contributed by atoms with Gasteiger partial charge in [0.1, 0.15) is 12.4 Å². The highest BCUT2D eigenvalue weighted by molar-refractivity contribution is 6.04. The number of aliphatic carboxylic acids is 1. The number of carboxylic acids is 1. The highest BCUT2D eigenvalue weighted by Gasteiger charge is 2.18. The van der Waals surface area contributed by atoms with Gasteiger partial charge in [-0.05, 0) is 36.6 Å². The Morgan fingerprint density at radius 3 is 3.00 bits per heavy atom. The minimum atomic E-state index is -0.883. The molecule has 5 nitrogen and oxygen atoms in total. The van der Waals surface area contributed by atoms with E-state index in [4.69, 9.17) is 14.7 Å². The van der Waals surface area contributed by atoms with Crippen LogP contribution in [0.3, 0.4) is 0 Å². The van der Waals surface area contributed by atoms with Crippen molar-refractivity contribution >= 4 is 11.7 Å². The Balaban J connectivity index is 2.02. The van der Waals surface area contributed by atoms with E-state index in [1.165, 1.54) is 5.56 Å². The lowest BCUT2D eigenvalue weighted by molar-refractivity contribution is -0.138. The Kier molecular flexibility index (Phi) is 3.82. The molecular weight excluding hydrogens is 234 g/mol. The lowest BCUT2D eigenvalue weighted by Crippen LogP contribution is -2.02. The van der Waals surface area contributed by atoms with Crippen LogP contribution in [0.15, 0.2) is 23.4 Å². The molecule has 1 aliphatic rings. The number of benzene rings is 1. The summed E-state index contributed by atoms with van der Waals surface area (Å²) in [5, 5.41) is 12.5. The molecule has 5 heteroatoms. The summed E-state index contributed by atoms with van der Waals surface area (Å²) in [6, 6.07) is 5.84. The molecule has 0 amide bonds. The fourth-order valence-corrected chi connectivity index (χ4v) is 1.92. The van der Waals surface area contributed by atoms with Gasteiger partial charge in [-0.15, -0.1) is 0 Å². The highest BCUT2D eigenvalue weighted by Crippen LogP contribution is 2.26. The Labute approximate surface area is 105 Å². The Morgan fingerprint density at radius 1 is 1.44 bits per heavy atom. The first-order valence-corrected chi connectivity index (χ1v) is 5.78. The molecule has 0 bridgehead atoms. The average molecular weight is 249 g/mol. The van der Waals surface area contributed by atoms with Crippen LogP contribution < -0.4 is 4.74 Å². The van der Waals surface area contributed by atoms with Crippen LogP contribution in [-0.4, -0.2) is 30.5 Å². The predicted molar refractivity (Wildman–Crippen MR) is 66.1 cm³/mol. The first kappa shape index (κ1) is 12.4. The molecule has 0 saturated heterocycles. The number of fused-ring (bicyclic) bond motifs is 1. The van der Waals surface area contributed by atoms with Crippen LogP contribution in [-0.2, 0) is 16.1 Å². The molecular formula is C13H15NO4. The number of oxime groups is 1. The van der Waals surface area contributed by atoms with Gasteiger partial charge in [-0.2, -0.15) is 0 Å². The third kappa shape index (κ3) is 2.80. The lowest BCUT2D eigenvalue weighted by atomic mass is 10.1. The lowest BCUT2D eigenvalue weighted by Gasteiger charge is -2.03. The molecule has 0 atom stereocenters. The summed E-state index contributed by atoms with van der Waals surface area (Å²) < 4.78 is 5.16. The van der Waals surface area contributed by atoms with Gasteiger partial charge in [-0.25, -0.2) is 0 Å². The third-order valence-electron chi connectivity index (χ3n) is 2.84. The molecule has 2 rings (SSSR count). The van der Waals surface area contributed by atoms with Crippen LogP contribution in [0, 0.1) is 0 Å². The number of hydrogen-bond donors (Lipinski definition) is 1. The van der Waals surface area contributed by atoms with Gasteiger partial charge in [0.25, 0.3) is 0 Å². The molecule has 0 fully saturated rings. The molecule has 18 heavy (non-hydrogen) atoms. The Bertz CT molecular complexity index is 482. The number of ether oxygens (including phenoxy) is 1. The molecule has 0 radical (unpaired) electrons. The number of methoxy groups -OCH3 is 1. The van der Waals surface area contributed by atoms with Gasteiger partial charge in [0.05, 0.1) is 19.2 Å². The van der Waals surface area contributed by atoms with Gasteiger partial charge < -0.3 is 14.7 Å². The normalized spacial score (nSPS) is 15.5. The molecule has 1 aromatic carbocycles. The van der Waals surface area contributed by atoms with E-state index >= 15 is 0 Å². The van der Waals surface area contributed by atoms with Crippen molar-refractivity contribution in [1.82, 2.24) is 0 Å². The van der Waals surface area contributed by atoms with Crippen molar-refractivity contribution in [1.29, 1.82) is 0 Å². The largest absolute Gasteiger partial charge is 0.497 e. The summed E-state index contributed by atoms with van der Waals surface area (Å²) in [5.41, 5.74) is 3.12. The fourth-order valence-electron chi connectivity index (χ4n) is 1.92. The standard InChI is InChI=1S/C13H15NO4/c1-17-10-3-4-11-9(8-10)2-5-12(11)14-18-7-6-13(15)16/h3-4,8H,2,5-7H2,1H3,(H,15,16)/b14-12-. The summed E-state index contributed by atoms with van der Waals surface area (Å²) in [5.74, 6) is -0.0476. The maximum Gasteiger partial charge on any atom is 0.306 e. The van der Waals surface area contributed by atoms with Crippen LogP contribution in [0.4, 0.5) is 0 Å². The van der Waals surface area contributed by atoms with Gasteiger partial charge in [-0.3, -0.25) is 4.79 Å². The zero-order valence-electron chi connectivity index (χ0n) is 10.2. The van der Waals surface area contributed by atoms with Crippen LogP contribution in [0.5, 0.6) is 5.75 Å². The molecule has 1 aromatic rings. The van der Waals surface area contributed by atoms with E-state index in [2.05, 4.69) is 5.16 Å². The van der Waals surface area contributed by atoms with Crippen LogP contribution in [0.1, 0.15) is 24.0 Å². The second-order valence-electron chi connectivity index (χ2n) is 4.04. The number of aryl methyl sites for hydroxylation is 1. The zero-order valence-corrected chi connectivity index (χ0v) is 10.2. The third-order valence-corrected chi connectivity index (χ3v) is 2.84. The molecule has 96 valence electrons. The second-order valence-corrected chi connectivity index (χ2v) is 4.04. The van der Waals surface area contributed by atoms with Gasteiger partial charge in [0, 0.05) is 5.56 Å². The maximum atomic E-state index is 10.3. The van der Waals surface area contributed by atoms with Gasteiger partial charge in [0.2, 0.25) is 0 Å². The van der Waals surface area contributed by atoms with Crippen LogP contribution in [0.2, 0.25) is 0 Å². The second kappa shape index (κ2) is 5.53. The van der Waals surface area contributed by atoms with Crippen molar-refractivity contribution in [3.8, 4) is 5.75 Å². The van der Waals surface area contributed by atoms with Crippen molar-refractivity contribution in [3.05, 3.63) is 29.3 Å². The number of rotatable bonds is 5.